The Morgan fingerprint density at radius 1 is 1.83 bits per heavy atom. The second-order valence-corrected chi connectivity index (χ2v) is 3.61. The Labute approximate surface area is 74.8 Å². The molecule has 1 heterocycles. The Morgan fingerprint density at radius 2 is 2.58 bits per heavy atom. The van der Waals surface area contributed by atoms with Crippen LogP contribution in [0.15, 0.2) is 27.5 Å². The minimum atomic E-state index is -0.180. The molecule has 0 amide bonds. The molecule has 0 unspecified atom stereocenters. The van der Waals surface area contributed by atoms with Crippen LogP contribution in [0.25, 0.3) is 0 Å². The number of thioether (sulfide) groups is 1. The lowest BCUT2D eigenvalue weighted by Crippen LogP contribution is -1.92. The van der Waals surface area contributed by atoms with Crippen LogP contribution >= 0.6 is 11.8 Å². The van der Waals surface area contributed by atoms with E-state index < -0.39 is 0 Å². The van der Waals surface area contributed by atoms with Crippen LogP contribution in [0.5, 0.6) is 0 Å². The van der Waals surface area contributed by atoms with Gasteiger partial charge in [-0.15, -0.1) is 11.8 Å². The van der Waals surface area contributed by atoms with Gasteiger partial charge in [-0.3, -0.25) is 4.79 Å². The Balaban J connectivity index is 2.33. The van der Waals surface area contributed by atoms with Crippen molar-refractivity contribution >= 4 is 11.8 Å². The third kappa shape index (κ3) is 3.00. The topological polar surface area (TPSA) is 46.0 Å². The van der Waals surface area contributed by atoms with E-state index in [0.29, 0.717) is 11.5 Å². The molecule has 0 aromatic carbocycles. The first-order chi connectivity index (χ1) is 5.68. The molecule has 0 spiro atoms. The summed E-state index contributed by atoms with van der Waals surface area (Å²) in [7, 11) is 0. The summed E-state index contributed by atoms with van der Waals surface area (Å²) in [6, 6.07) is 1.46. The van der Waals surface area contributed by atoms with Crippen LogP contribution in [0.3, 0.4) is 0 Å². The van der Waals surface area contributed by atoms with Gasteiger partial charge < -0.3 is 4.52 Å². The van der Waals surface area contributed by atoms with Crippen LogP contribution in [0.4, 0.5) is 0 Å². The molecule has 1 N–H and O–H groups in total. The lowest BCUT2D eigenvalue weighted by molar-refractivity contribution is 0.390. The quantitative estimate of drug-likeness (QED) is 0.727. The molecule has 0 aliphatic carbocycles. The predicted octanol–water partition coefficient (Wildman–Crippen LogP) is 1.78. The number of hydrogen-bond donors (Lipinski definition) is 1. The molecule has 3 nitrogen and oxygen atoms in total. The van der Waals surface area contributed by atoms with Crippen molar-refractivity contribution in [1.82, 2.24) is 5.16 Å². The van der Waals surface area contributed by atoms with E-state index >= 15 is 0 Å². The highest BCUT2D eigenvalue weighted by Gasteiger charge is 1.98. The molecule has 0 saturated carbocycles. The molecule has 1 rings (SSSR count). The second-order valence-electron chi connectivity index (χ2n) is 2.63. The lowest BCUT2D eigenvalue weighted by Gasteiger charge is -1.95. The van der Waals surface area contributed by atoms with Crippen molar-refractivity contribution in [2.24, 2.45) is 0 Å². The number of hydrogen-bond acceptors (Lipinski definition) is 3. The molecule has 12 heavy (non-hydrogen) atoms. The number of nitrogens with one attached hydrogen (secondary N) is 1. The highest BCUT2D eigenvalue weighted by Crippen LogP contribution is 2.12. The van der Waals surface area contributed by atoms with Gasteiger partial charge in [-0.05, 0) is 6.92 Å². The molecule has 0 aliphatic rings. The third-order valence-electron chi connectivity index (χ3n) is 1.17. The molecule has 0 saturated heterocycles. The maximum Gasteiger partial charge on any atom is 0.280 e. The van der Waals surface area contributed by atoms with Gasteiger partial charge in [0.15, 0.2) is 0 Å². The fourth-order valence-electron chi connectivity index (χ4n) is 0.718. The van der Waals surface area contributed by atoms with Crippen LogP contribution in [-0.2, 0) is 5.75 Å². The summed E-state index contributed by atoms with van der Waals surface area (Å²) in [4.78, 5) is 10.6. The average molecular weight is 185 g/mol. The van der Waals surface area contributed by atoms with Crippen molar-refractivity contribution in [3.05, 3.63) is 34.3 Å². The number of aromatic amines is 1. The first kappa shape index (κ1) is 9.19. The summed E-state index contributed by atoms with van der Waals surface area (Å²) < 4.78 is 4.86. The van der Waals surface area contributed by atoms with Crippen molar-refractivity contribution in [3.8, 4) is 0 Å². The van der Waals surface area contributed by atoms with Gasteiger partial charge in [0, 0.05) is 11.8 Å². The Bertz CT molecular complexity index is 313. The lowest BCUT2D eigenvalue weighted by atomic mass is 10.4. The van der Waals surface area contributed by atoms with Crippen LogP contribution in [-0.4, -0.2) is 10.9 Å². The Hall–Kier alpha value is -0.900. The summed E-state index contributed by atoms with van der Waals surface area (Å²) >= 11 is 1.68. The molecule has 1 aromatic heterocycles. The van der Waals surface area contributed by atoms with Gasteiger partial charge in [0.1, 0.15) is 5.76 Å². The Kier molecular flexibility index (Phi) is 3.22. The molecule has 66 valence electrons. The van der Waals surface area contributed by atoms with Crippen molar-refractivity contribution in [2.75, 3.05) is 5.75 Å². The molecule has 0 atom stereocenters. The van der Waals surface area contributed by atoms with Crippen molar-refractivity contribution in [2.45, 2.75) is 12.7 Å². The first-order valence-corrected chi connectivity index (χ1v) is 4.73. The van der Waals surface area contributed by atoms with E-state index in [1.54, 1.807) is 11.8 Å². The van der Waals surface area contributed by atoms with E-state index in [1.165, 1.54) is 6.07 Å². The molecule has 0 bridgehead atoms. The van der Waals surface area contributed by atoms with Crippen molar-refractivity contribution < 1.29 is 4.52 Å². The Morgan fingerprint density at radius 3 is 3.08 bits per heavy atom. The smallest absolute Gasteiger partial charge is 0.280 e. The predicted molar refractivity (Wildman–Crippen MR) is 50.3 cm³/mol. The maximum atomic E-state index is 10.6. The van der Waals surface area contributed by atoms with Crippen LogP contribution in [0, 0.1) is 0 Å². The summed E-state index contributed by atoms with van der Waals surface area (Å²) in [6.07, 6.45) is 0. The van der Waals surface area contributed by atoms with E-state index in [-0.39, 0.29) is 5.56 Å². The van der Waals surface area contributed by atoms with E-state index in [2.05, 4.69) is 11.7 Å². The average Bonchev–Trinajstić information content (AvgIpc) is 2.35. The van der Waals surface area contributed by atoms with E-state index in [9.17, 15) is 4.79 Å². The number of rotatable bonds is 4. The van der Waals surface area contributed by atoms with Crippen molar-refractivity contribution in [1.29, 1.82) is 0 Å². The minimum Gasteiger partial charge on any atom is -0.383 e. The van der Waals surface area contributed by atoms with E-state index in [4.69, 9.17) is 4.52 Å². The van der Waals surface area contributed by atoms with Crippen LogP contribution < -0.4 is 5.56 Å². The van der Waals surface area contributed by atoms with Gasteiger partial charge in [0.05, 0.1) is 5.75 Å². The SMILES string of the molecule is C=C(C)CSCc1cc(=O)[nH]o1. The third-order valence-corrected chi connectivity index (χ3v) is 2.35. The minimum absolute atomic E-state index is 0.180. The normalized spacial score (nSPS) is 10.1. The highest BCUT2D eigenvalue weighted by molar-refractivity contribution is 7.98. The molecule has 0 fully saturated rings. The van der Waals surface area contributed by atoms with Gasteiger partial charge in [0.25, 0.3) is 5.56 Å². The molecular formula is C8H11NO2S. The first-order valence-electron chi connectivity index (χ1n) is 3.58. The highest BCUT2D eigenvalue weighted by atomic mass is 32.2. The van der Waals surface area contributed by atoms with Gasteiger partial charge in [0.2, 0.25) is 0 Å². The fourth-order valence-corrected chi connectivity index (χ4v) is 1.51. The van der Waals surface area contributed by atoms with E-state index in [1.807, 2.05) is 6.92 Å². The molecular weight excluding hydrogens is 174 g/mol. The molecule has 4 heteroatoms. The molecule has 1 aromatic rings. The largest absolute Gasteiger partial charge is 0.383 e. The number of H-pyrrole nitrogens is 1. The zero-order valence-corrected chi connectivity index (χ0v) is 7.74. The summed E-state index contributed by atoms with van der Waals surface area (Å²) in [5.41, 5.74) is 0.943. The van der Waals surface area contributed by atoms with Crippen LogP contribution in [0.1, 0.15) is 12.7 Å². The summed E-state index contributed by atoms with van der Waals surface area (Å²) in [6.45, 7) is 5.74. The number of aromatic nitrogens is 1. The standard InChI is InChI=1S/C8H11NO2S/c1-6(2)4-12-5-7-3-8(10)9-11-7/h3H,1,4-5H2,2H3,(H,9,10). The van der Waals surface area contributed by atoms with Gasteiger partial charge in [-0.25, -0.2) is 0 Å². The maximum absolute atomic E-state index is 10.6. The fraction of sp³-hybridized carbons (Fsp3) is 0.375. The zero-order valence-electron chi connectivity index (χ0n) is 6.92. The second kappa shape index (κ2) is 4.21. The van der Waals surface area contributed by atoms with Gasteiger partial charge >= 0.3 is 0 Å². The van der Waals surface area contributed by atoms with Crippen LogP contribution in [0.2, 0.25) is 0 Å². The summed E-state index contributed by atoms with van der Waals surface area (Å²) in [5.74, 6) is 2.30. The summed E-state index contributed by atoms with van der Waals surface area (Å²) in [5, 5.41) is 2.24. The van der Waals surface area contributed by atoms with Gasteiger partial charge in [-0.2, -0.15) is 5.16 Å². The van der Waals surface area contributed by atoms with E-state index in [0.717, 1.165) is 11.3 Å². The monoisotopic (exact) mass is 185 g/mol. The van der Waals surface area contributed by atoms with Crippen molar-refractivity contribution in [3.63, 3.8) is 0 Å². The molecule has 0 aliphatic heterocycles. The molecule has 0 radical (unpaired) electrons. The zero-order chi connectivity index (χ0) is 8.97. The van der Waals surface area contributed by atoms with Gasteiger partial charge in [-0.1, -0.05) is 12.2 Å².